The van der Waals surface area contributed by atoms with Gasteiger partial charge in [-0.05, 0) is 65.7 Å². The minimum atomic E-state index is -0.261. The van der Waals surface area contributed by atoms with Crippen LogP contribution in [0.1, 0.15) is 37.2 Å². The fourth-order valence-electron chi connectivity index (χ4n) is 3.70. The highest BCUT2D eigenvalue weighted by Crippen LogP contribution is 2.43. The number of ether oxygens (including phenoxy) is 2. The summed E-state index contributed by atoms with van der Waals surface area (Å²) in [6.07, 6.45) is 2.94. The van der Waals surface area contributed by atoms with Gasteiger partial charge in [0.15, 0.2) is 11.5 Å². The lowest BCUT2D eigenvalue weighted by Crippen LogP contribution is -2.22. The van der Waals surface area contributed by atoms with Gasteiger partial charge in [0.25, 0.3) is 5.56 Å². The number of hydrogen-bond donors (Lipinski definition) is 0. The van der Waals surface area contributed by atoms with Gasteiger partial charge in [-0.15, -0.1) is 0 Å². The fraction of sp³-hybridized carbons (Fsp3) is 0.222. The number of fused-ring (bicyclic) bond motifs is 1. The van der Waals surface area contributed by atoms with Crippen LogP contribution in [0.25, 0.3) is 10.9 Å². The van der Waals surface area contributed by atoms with Crippen LogP contribution in [-0.2, 0) is 13.0 Å². The molecule has 6 nitrogen and oxygen atoms in total. The zero-order valence-electron chi connectivity index (χ0n) is 20.4. The number of benzene rings is 3. The van der Waals surface area contributed by atoms with E-state index in [-0.39, 0.29) is 12.2 Å². The molecule has 0 amide bonds. The van der Waals surface area contributed by atoms with Gasteiger partial charge in [0, 0.05) is 36.5 Å². The molecule has 11 heteroatoms. The maximum Gasteiger partial charge on any atom is 0.282 e. The quantitative estimate of drug-likeness (QED) is 0.164. The van der Waals surface area contributed by atoms with Crippen molar-refractivity contribution in [3.05, 3.63) is 93.8 Å². The third-order valence-corrected chi connectivity index (χ3v) is 8.03. The van der Waals surface area contributed by atoms with Crippen LogP contribution in [0, 0.1) is 0 Å². The van der Waals surface area contributed by atoms with Crippen molar-refractivity contribution in [3.8, 4) is 11.5 Å². The largest absolute Gasteiger partial charge is 0.490 e. The second-order valence-electron chi connectivity index (χ2n) is 8.18. The summed E-state index contributed by atoms with van der Waals surface area (Å²) in [7, 11) is 0. The molecule has 1 heterocycles. The summed E-state index contributed by atoms with van der Waals surface area (Å²) in [5.41, 5.74) is 1.70. The van der Waals surface area contributed by atoms with Gasteiger partial charge < -0.3 is 9.47 Å². The van der Waals surface area contributed by atoms with E-state index in [1.807, 2.05) is 26.0 Å². The molecule has 0 unspecified atom stereocenters. The number of halogens is 5. The number of hydrogen-bond acceptors (Lipinski definition) is 5. The van der Waals surface area contributed by atoms with Crippen LogP contribution in [0.2, 0.25) is 15.1 Å². The average molecular weight is 703 g/mol. The summed E-state index contributed by atoms with van der Waals surface area (Å²) in [6, 6.07) is 12.3. The predicted octanol–water partition coefficient (Wildman–Crippen LogP) is 8.69. The highest BCUT2D eigenvalue weighted by molar-refractivity contribution is 9.10. The Morgan fingerprint density at radius 2 is 1.84 bits per heavy atom. The molecule has 0 atom stereocenters. The van der Waals surface area contributed by atoms with Crippen molar-refractivity contribution in [1.29, 1.82) is 0 Å². The van der Waals surface area contributed by atoms with Crippen molar-refractivity contribution in [1.82, 2.24) is 9.66 Å². The van der Waals surface area contributed by atoms with Gasteiger partial charge in [-0.3, -0.25) is 4.79 Å². The van der Waals surface area contributed by atoms with E-state index in [0.717, 1.165) is 16.5 Å². The van der Waals surface area contributed by atoms with Crippen LogP contribution in [0.5, 0.6) is 11.5 Å². The number of aromatic nitrogens is 2. The molecule has 0 spiro atoms. The average Bonchev–Trinajstić information content (AvgIpc) is 2.88. The third-order valence-electron chi connectivity index (χ3n) is 5.50. The summed E-state index contributed by atoms with van der Waals surface area (Å²) in [5.74, 6) is 1.34. The second-order valence-corrected chi connectivity index (χ2v) is 11.1. The topological polar surface area (TPSA) is 65.7 Å². The maximum absolute atomic E-state index is 13.3. The normalized spacial score (nSPS) is 11.4. The minimum absolute atomic E-state index is 0.157. The Balaban J connectivity index is 1.74. The van der Waals surface area contributed by atoms with E-state index in [1.165, 1.54) is 4.68 Å². The lowest BCUT2D eigenvalue weighted by Gasteiger charge is -2.16. The summed E-state index contributed by atoms with van der Waals surface area (Å²) in [4.78, 5) is 18.0. The van der Waals surface area contributed by atoms with Gasteiger partial charge in [0.05, 0.1) is 23.7 Å². The molecule has 0 N–H and O–H groups in total. The summed E-state index contributed by atoms with van der Waals surface area (Å²) >= 11 is 26.0. The lowest BCUT2D eigenvalue weighted by atomic mass is 10.2. The Hall–Kier alpha value is -2.10. The van der Waals surface area contributed by atoms with E-state index in [0.29, 0.717) is 66.4 Å². The van der Waals surface area contributed by atoms with Gasteiger partial charge in [-0.1, -0.05) is 63.7 Å². The molecule has 0 radical (unpaired) electrons. The van der Waals surface area contributed by atoms with E-state index < -0.39 is 0 Å². The van der Waals surface area contributed by atoms with Crippen molar-refractivity contribution in [2.75, 3.05) is 6.61 Å². The molecule has 38 heavy (non-hydrogen) atoms. The molecule has 3 aromatic carbocycles. The summed E-state index contributed by atoms with van der Waals surface area (Å²) < 4.78 is 14.5. The molecular formula is C27H22Br2Cl3N3O3. The Bertz CT molecular complexity index is 1590. The first kappa shape index (κ1) is 28.9. The van der Waals surface area contributed by atoms with E-state index in [1.54, 1.807) is 36.5 Å². The van der Waals surface area contributed by atoms with Crippen molar-refractivity contribution in [2.24, 2.45) is 5.10 Å². The van der Waals surface area contributed by atoms with E-state index in [4.69, 9.17) is 44.3 Å². The van der Waals surface area contributed by atoms with E-state index in [2.05, 4.69) is 41.9 Å². The van der Waals surface area contributed by atoms with E-state index >= 15 is 0 Å². The Labute approximate surface area is 251 Å². The number of nitrogens with zero attached hydrogens (tertiary/aromatic N) is 3. The second kappa shape index (κ2) is 12.8. The molecule has 0 aliphatic rings. The molecule has 1 aromatic heterocycles. The number of aryl methyl sites for hydroxylation is 1. The molecule has 4 aromatic rings. The lowest BCUT2D eigenvalue weighted by molar-refractivity contribution is 0.269. The minimum Gasteiger partial charge on any atom is -0.490 e. The van der Waals surface area contributed by atoms with Crippen LogP contribution < -0.4 is 15.0 Å². The monoisotopic (exact) mass is 699 g/mol. The van der Waals surface area contributed by atoms with Crippen molar-refractivity contribution >= 4 is 83.8 Å². The molecule has 0 saturated heterocycles. The molecule has 198 valence electrons. The van der Waals surface area contributed by atoms with Gasteiger partial charge in [-0.2, -0.15) is 9.78 Å². The molecule has 0 aliphatic carbocycles. The van der Waals surface area contributed by atoms with Crippen molar-refractivity contribution < 1.29 is 9.47 Å². The van der Waals surface area contributed by atoms with Crippen LogP contribution >= 0.6 is 66.7 Å². The Kier molecular flexibility index (Phi) is 9.76. The van der Waals surface area contributed by atoms with Gasteiger partial charge >= 0.3 is 0 Å². The molecule has 0 saturated carbocycles. The SMILES string of the molecule is CCCc1nc2ccc(Br)cc2c(=O)n1N=Cc1cc(OCC)c(OCc2ccc(Cl)cc2Cl)c(Cl)c1Br. The molecular weight excluding hydrogens is 680 g/mol. The Morgan fingerprint density at radius 3 is 2.55 bits per heavy atom. The van der Waals surface area contributed by atoms with Crippen LogP contribution in [0.4, 0.5) is 0 Å². The molecule has 0 bridgehead atoms. The first-order valence-corrected chi connectivity index (χ1v) is 14.4. The van der Waals surface area contributed by atoms with Crippen molar-refractivity contribution in [2.45, 2.75) is 33.3 Å². The van der Waals surface area contributed by atoms with Crippen LogP contribution in [0.3, 0.4) is 0 Å². The van der Waals surface area contributed by atoms with Crippen LogP contribution in [-0.4, -0.2) is 22.5 Å². The van der Waals surface area contributed by atoms with Gasteiger partial charge in [-0.25, -0.2) is 4.98 Å². The fourth-order valence-corrected chi connectivity index (χ4v) is 5.18. The Morgan fingerprint density at radius 1 is 1.05 bits per heavy atom. The van der Waals surface area contributed by atoms with Gasteiger partial charge in [0.1, 0.15) is 17.5 Å². The number of rotatable bonds is 9. The van der Waals surface area contributed by atoms with E-state index in [9.17, 15) is 4.79 Å². The predicted molar refractivity (Wildman–Crippen MR) is 162 cm³/mol. The maximum atomic E-state index is 13.3. The highest BCUT2D eigenvalue weighted by atomic mass is 79.9. The third kappa shape index (κ3) is 6.37. The first-order valence-electron chi connectivity index (χ1n) is 11.7. The first-order chi connectivity index (χ1) is 18.2. The summed E-state index contributed by atoms with van der Waals surface area (Å²) in [6.45, 7) is 4.42. The smallest absolute Gasteiger partial charge is 0.282 e. The molecule has 0 aliphatic heterocycles. The highest BCUT2D eigenvalue weighted by Gasteiger charge is 2.19. The molecule has 4 rings (SSSR count). The zero-order chi connectivity index (χ0) is 27.4. The van der Waals surface area contributed by atoms with Crippen molar-refractivity contribution in [3.63, 3.8) is 0 Å². The zero-order valence-corrected chi connectivity index (χ0v) is 25.8. The summed E-state index contributed by atoms with van der Waals surface area (Å²) in [5, 5.41) is 6.29. The molecule has 0 fully saturated rings. The van der Waals surface area contributed by atoms with Gasteiger partial charge in [0.2, 0.25) is 0 Å². The van der Waals surface area contributed by atoms with Crippen LogP contribution in [0.15, 0.2) is 61.3 Å². The standard InChI is InChI=1S/C27H22Br2Cl3N3O3/c1-3-5-23-34-21-9-7-17(28)11-19(21)27(36)35(23)33-13-16-10-22(37-4-2)26(25(32)24(16)29)38-14-15-6-8-18(30)12-20(15)31/h6-13H,3-5,14H2,1-2H3.